The minimum atomic E-state index is -6.34. The van der Waals surface area contributed by atoms with E-state index < -0.39 is 55.9 Å². The van der Waals surface area contributed by atoms with Gasteiger partial charge in [0.15, 0.2) is 9.84 Å². The molecule has 3 aromatic rings. The Labute approximate surface area is 228 Å². The molecule has 1 fully saturated rings. The number of hydrogen-bond donors (Lipinski definition) is 1. The highest BCUT2D eigenvalue weighted by Gasteiger charge is 2.73. The van der Waals surface area contributed by atoms with E-state index in [0.29, 0.717) is 0 Å². The van der Waals surface area contributed by atoms with Crippen molar-refractivity contribution in [3.63, 3.8) is 0 Å². The molecular weight excluding hydrogens is 586 g/mol. The van der Waals surface area contributed by atoms with Crippen molar-refractivity contribution in [1.82, 2.24) is 15.3 Å². The molecule has 41 heavy (non-hydrogen) atoms. The van der Waals surface area contributed by atoms with Crippen molar-refractivity contribution in [2.24, 2.45) is 0 Å². The molecule has 1 aromatic heterocycles. The number of alkyl halides is 7. The summed E-state index contributed by atoms with van der Waals surface area (Å²) in [7, 11) is -4.44. The predicted molar refractivity (Wildman–Crippen MR) is 128 cm³/mol. The standard InChI is InChI=1S/C26H21F8N3O3S/c27-18-5-7-20(8-6-18)41(39,40)23(12-9-19(10-13-23)37-22(38)21-11-14-35-15-36-21)16-1-3-17(4-2-16)24(28,25(29,30)31)26(32,33)34/h1-8,11,14-15,19H,9-10,12-13H2,(H,37,38)/t19-,23+. The average Bonchev–Trinajstić information content (AvgIpc) is 2.92. The summed E-state index contributed by atoms with van der Waals surface area (Å²) in [6.45, 7) is 0. The topological polar surface area (TPSA) is 89.0 Å². The first-order valence-corrected chi connectivity index (χ1v) is 13.5. The molecule has 1 amide bonds. The van der Waals surface area contributed by atoms with Crippen LogP contribution in [0.2, 0.25) is 0 Å². The third kappa shape index (κ3) is 5.38. The Morgan fingerprint density at radius 2 is 1.41 bits per heavy atom. The van der Waals surface area contributed by atoms with Crippen LogP contribution in [0.5, 0.6) is 0 Å². The van der Waals surface area contributed by atoms with Crippen LogP contribution in [0, 0.1) is 5.82 Å². The van der Waals surface area contributed by atoms with E-state index in [-0.39, 0.29) is 54.0 Å². The lowest BCUT2D eigenvalue weighted by Gasteiger charge is -2.40. The SMILES string of the molecule is O=C(N[C@H]1CC[C@@](c2ccc(C(F)(C(F)(F)F)C(F)(F)F)cc2)(S(=O)(=O)c2ccc(F)cc2)CC1)c1ccncn1. The number of carbonyl (C=O) groups excluding carboxylic acids is 1. The lowest BCUT2D eigenvalue weighted by Crippen LogP contribution is -2.50. The van der Waals surface area contributed by atoms with Gasteiger partial charge in [-0.1, -0.05) is 24.3 Å². The third-order valence-corrected chi connectivity index (χ3v) is 9.74. The van der Waals surface area contributed by atoms with Crippen LogP contribution in [0.15, 0.2) is 72.0 Å². The number of amides is 1. The van der Waals surface area contributed by atoms with Crippen LogP contribution >= 0.6 is 0 Å². The van der Waals surface area contributed by atoms with Crippen LogP contribution in [0.25, 0.3) is 0 Å². The Morgan fingerprint density at radius 1 is 0.854 bits per heavy atom. The van der Waals surface area contributed by atoms with E-state index >= 15 is 0 Å². The maximum Gasteiger partial charge on any atom is 0.435 e. The van der Waals surface area contributed by atoms with Crippen LogP contribution in [0.1, 0.15) is 47.3 Å². The smallest absolute Gasteiger partial charge is 0.348 e. The summed E-state index contributed by atoms with van der Waals surface area (Å²) in [5.74, 6) is -1.30. The maximum atomic E-state index is 14.6. The first-order valence-electron chi connectivity index (χ1n) is 12.0. The average molecular weight is 608 g/mol. The van der Waals surface area contributed by atoms with Crippen molar-refractivity contribution in [2.45, 2.75) is 59.4 Å². The van der Waals surface area contributed by atoms with E-state index in [1.807, 2.05) is 0 Å². The molecule has 0 bridgehead atoms. The quantitative estimate of drug-likeness (QED) is 0.277. The van der Waals surface area contributed by atoms with E-state index in [2.05, 4.69) is 15.3 Å². The largest absolute Gasteiger partial charge is 0.435 e. The molecule has 1 saturated carbocycles. The fraction of sp³-hybridized carbons (Fsp3) is 0.346. The number of nitrogens with one attached hydrogen (secondary N) is 1. The molecule has 0 spiro atoms. The maximum absolute atomic E-state index is 14.6. The van der Waals surface area contributed by atoms with Gasteiger partial charge in [0.2, 0.25) is 0 Å². The van der Waals surface area contributed by atoms with Gasteiger partial charge >= 0.3 is 18.0 Å². The number of halogens is 8. The Bertz CT molecular complexity index is 1470. The Hall–Kier alpha value is -3.62. The summed E-state index contributed by atoms with van der Waals surface area (Å²) in [5.41, 5.74) is -7.58. The highest BCUT2D eigenvalue weighted by atomic mass is 32.2. The Morgan fingerprint density at radius 3 is 1.90 bits per heavy atom. The molecule has 0 aliphatic heterocycles. The van der Waals surface area contributed by atoms with E-state index in [4.69, 9.17) is 0 Å². The number of sulfone groups is 1. The number of carbonyl (C=O) groups is 1. The zero-order valence-corrected chi connectivity index (χ0v) is 21.6. The fourth-order valence-corrected chi connectivity index (χ4v) is 7.12. The van der Waals surface area contributed by atoms with Gasteiger partial charge in [-0.25, -0.2) is 27.2 Å². The third-order valence-electron chi connectivity index (χ3n) is 7.17. The second-order valence-corrected chi connectivity index (χ2v) is 11.8. The Kier molecular flexibility index (Phi) is 7.88. The normalized spacial score (nSPS) is 20.4. The molecule has 0 radical (unpaired) electrons. The minimum Gasteiger partial charge on any atom is -0.348 e. The van der Waals surface area contributed by atoms with Crippen molar-refractivity contribution < 1.29 is 48.3 Å². The van der Waals surface area contributed by atoms with Crippen LogP contribution < -0.4 is 5.32 Å². The molecular formula is C26H21F8N3O3S. The summed E-state index contributed by atoms with van der Waals surface area (Å²) in [6, 6.07) is 6.54. The van der Waals surface area contributed by atoms with E-state index in [0.717, 1.165) is 42.7 Å². The molecule has 4 rings (SSSR count). The number of aromatic nitrogens is 2. The van der Waals surface area contributed by atoms with Gasteiger partial charge in [-0.15, -0.1) is 0 Å². The molecule has 0 atom stereocenters. The van der Waals surface area contributed by atoms with Crippen LogP contribution in [0.3, 0.4) is 0 Å². The minimum absolute atomic E-state index is 0.0388. The molecule has 15 heteroatoms. The van der Waals surface area contributed by atoms with Crippen molar-refractivity contribution in [3.8, 4) is 0 Å². The van der Waals surface area contributed by atoms with Crippen LogP contribution in [-0.2, 0) is 20.3 Å². The number of rotatable bonds is 6. The van der Waals surface area contributed by atoms with Crippen molar-refractivity contribution >= 4 is 15.7 Å². The van der Waals surface area contributed by atoms with Crippen LogP contribution in [-0.4, -0.2) is 42.7 Å². The van der Waals surface area contributed by atoms with Gasteiger partial charge in [-0.05, 0) is 61.6 Å². The second kappa shape index (κ2) is 10.7. The summed E-state index contributed by atoms with van der Waals surface area (Å²) >= 11 is 0. The Balaban J connectivity index is 1.72. The zero-order valence-electron chi connectivity index (χ0n) is 20.8. The van der Waals surface area contributed by atoms with Gasteiger partial charge in [-0.2, -0.15) is 26.3 Å². The molecule has 1 heterocycles. The first-order chi connectivity index (χ1) is 19.0. The molecule has 1 aliphatic carbocycles. The molecule has 0 unspecified atom stereocenters. The lowest BCUT2D eigenvalue weighted by molar-refractivity contribution is -0.348. The molecule has 6 nitrogen and oxygen atoms in total. The summed E-state index contributed by atoms with van der Waals surface area (Å²) in [4.78, 5) is 19.7. The van der Waals surface area contributed by atoms with Gasteiger partial charge in [0.25, 0.3) is 5.91 Å². The van der Waals surface area contributed by atoms with Gasteiger partial charge in [0.1, 0.15) is 22.6 Å². The van der Waals surface area contributed by atoms with Gasteiger partial charge in [0.05, 0.1) is 4.90 Å². The van der Waals surface area contributed by atoms with E-state index in [9.17, 15) is 48.3 Å². The predicted octanol–water partition coefficient (Wildman–Crippen LogP) is 5.95. The van der Waals surface area contributed by atoms with Gasteiger partial charge in [-0.3, -0.25) is 4.79 Å². The number of nitrogens with zero attached hydrogens (tertiary/aromatic N) is 2. The molecule has 0 saturated heterocycles. The second-order valence-electron chi connectivity index (χ2n) is 9.53. The summed E-state index contributed by atoms with van der Waals surface area (Å²) in [5, 5.41) is 2.71. The summed E-state index contributed by atoms with van der Waals surface area (Å²) in [6.07, 6.45) is -10.6. The zero-order chi connectivity index (χ0) is 30.3. The molecule has 1 aliphatic rings. The highest BCUT2D eigenvalue weighted by molar-refractivity contribution is 7.92. The van der Waals surface area contributed by atoms with E-state index in [1.54, 1.807) is 0 Å². The lowest BCUT2D eigenvalue weighted by atomic mass is 9.80. The first kappa shape index (κ1) is 30.3. The fourth-order valence-electron chi connectivity index (χ4n) is 4.96. The molecule has 1 N–H and O–H groups in total. The number of hydrogen-bond acceptors (Lipinski definition) is 5. The van der Waals surface area contributed by atoms with Crippen molar-refractivity contribution in [1.29, 1.82) is 0 Å². The monoisotopic (exact) mass is 607 g/mol. The number of benzene rings is 2. The highest BCUT2D eigenvalue weighted by Crippen LogP contribution is 2.54. The summed E-state index contributed by atoms with van der Waals surface area (Å²) < 4.78 is 134. The van der Waals surface area contributed by atoms with Crippen molar-refractivity contribution in [3.05, 3.63) is 89.8 Å². The van der Waals surface area contributed by atoms with Crippen molar-refractivity contribution in [2.75, 3.05) is 0 Å². The molecule has 2 aromatic carbocycles. The molecule has 220 valence electrons. The van der Waals surface area contributed by atoms with Crippen LogP contribution in [0.4, 0.5) is 35.1 Å². The van der Waals surface area contributed by atoms with Gasteiger partial charge in [0, 0.05) is 17.8 Å². The van der Waals surface area contributed by atoms with E-state index in [1.165, 1.54) is 12.3 Å². The van der Waals surface area contributed by atoms with Gasteiger partial charge < -0.3 is 5.32 Å².